The van der Waals surface area contributed by atoms with E-state index in [0.717, 1.165) is 86.8 Å². The number of nitrogens with zero attached hydrogens (tertiary/aromatic N) is 4. The van der Waals surface area contributed by atoms with Crippen LogP contribution in [0.5, 0.6) is 11.6 Å². The van der Waals surface area contributed by atoms with Crippen molar-refractivity contribution in [2.75, 3.05) is 37.8 Å². The molecular formula is C26H32N4O3. The van der Waals surface area contributed by atoms with Gasteiger partial charge in [-0.1, -0.05) is 0 Å². The summed E-state index contributed by atoms with van der Waals surface area (Å²) in [6.07, 6.45) is 11.0. The lowest BCUT2D eigenvalue weighted by Crippen LogP contribution is -2.36. The van der Waals surface area contributed by atoms with E-state index in [2.05, 4.69) is 44.1 Å². The topological polar surface area (TPSA) is 69.6 Å². The largest absolute Gasteiger partial charge is 0.488 e. The molecule has 1 saturated heterocycles. The number of ether oxygens (including phenoxy) is 3. The normalized spacial score (nSPS) is 21.2. The highest BCUT2D eigenvalue weighted by molar-refractivity contribution is 5.85. The third-order valence-corrected chi connectivity index (χ3v) is 6.60. The average Bonchev–Trinajstić information content (AvgIpc) is 2.86. The van der Waals surface area contributed by atoms with E-state index in [1.54, 1.807) is 12.4 Å². The molecule has 2 aliphatic rings. The van der Waals surface area contributed by atoms with Crippen LogP contribution in [0.15, 0.2) is 42.9 Å². The minimum absolute atomic E-state index is 0.211. The molecule has 0 atom stereocenters. The highest BCUT2D eigenvalue weighted by Crippen LogP contribution is 2.34. The molecule has 0 amide bonds. The summed E-state index contributed by atoms with van der Waals surface area (Å²) in [6.45, 7) is 5.91. The first-order chi connectivity index (χ1) is 16.3. The maximum Gasteiger partial charge on any atom is 0.213 e. The molecule has 7 nitrogen and oxygen atoms in total. The molecule has 1 aromatic carbocycles. The zero-order valence-corrected chi connectivity index (χ0v) is 19.3. The Morgan fingerprint density at radius 3 is 2.61 bits per heavy atom. The molecule has 5 rings (SSSR count). The third kappa shape index (κ3) is 5.36. The molecule has 174 valence electrons. The minimum atomic E-state index is 0.211. The van der Waals surface area contributed by atoms with E-state index < -0.39 is 0 Å². The van der Waals surface area contributed by atoms with Gasteiger partial charge >= 0.3 is 0 Å². The molecule has 3 aromatic rings. The number of rotatable bonds is 7. The Kier molecular flexibility index (Phi) is 6.86. The standard InChI is InChI=1S/C26H32N4O3/c1-2-32-25-16-20(7-8-28-25)15-19-3-5-22(6-4-19)33-24-18-21(30-11-13-31-14-12-30)17-23-26(24)29-10-9-27-23/h7-10,16-19,22H,2-6,11-15H2,1H3. The van der Waals surface area contributed by atoms with Gasteiger partial charge in [0, 0.05) is 49.5 Å². The fourth-order valence-corrected chi connectivity index (χ4v) is 4.89. The molecule has 1 saturated carbocycles. The summed E-state index contributed by atoms with van der Waals surface area (Å²) in [5.74, 6) is 2.24. The number of aromatic nitrogens is 3. The monoisotopic (exact) mass is 448 g/mol. The van der Waals surface area contributed by atoms with E-state index in [0.29, 0.717) is 12.5 Å². The zero-order valence-electron chi connectivity index (χ0n) is 19.3. The number of hydrogen-bond acceptors (Lipinski definition) is 7. The quantitative estimate of drug-likeness (QED) is 0.529. The zero-order chi connectivity index (χ0) is 22.5. The first-order valence-corrected chi connectivity index (χ1v) is 12.1. The molecule has 33 heavy (non-hydrogen) atoms. The van der Waals surface area contributed by atoms with Crippen molar-refractivity contribution < 1.29 is 14.2 Å². The number of benzene rings is 1. The van der Waals surface area contributed by atoms with Crippen LogP contribution in [0.3, 0.4) is 0 Å². The van der Waals surface area contributed by atoms with Crippen molar-refractivity contribution in [3.8, 4) is 11.6 Å². The van der Waals surface area contributed by atoms with Gasteiger partial charge in [0.2, 0.25) is 5.88 Å². The van der Waals surface area contributed by atoms with Gasteiger partial charge in [-0.15, -0.1) is 0 Å². The Bertz CT molecular complexity index is 1060. The molecule has 3 heterocycles. The molecule has 2 aromatic heterocycles. The number of hydrogen-bond donors (Lipinski definition) is 0. The van der Waals surface area contributed by atoms with Crippen LogP contribution in [0.25, 0.3) is 11.0 Å². The summed E-state index contributed by atoms with van der Waals surface area (Å²) in [7, 11) is 0. The van der Waals surface area contributed by atoms with E-state index in [-0.39, 0.29) is 6.10 Å². The lowest BCUT2D eigenvalue weighted by molar-refractivity contribution is 0.122. The number of morpholine rings is 1. The van der Waals surface area contributed by atoms with Gasteiger partial charge in [-0.05, 0) is 62.6 Å². The number of pyridine rings is 1. The molecular weight excluding hydrogens is 416 g/mol. The average molecular weight is 449 g/mol. The Balaban J connectivity index is 1.25. The van der Waals surface area contributed by atoms with Crippen LogP contribution in [0, 0.1) is 5.92 Å². The lowest BCUT2D eigenvalue weighted by atomic mass is 9.83. The Hall–Kier alpha value is -2.93. The van der Waals surface area contributed by atoms with Crippen molar-refractivity contribution in [2.24, 2.45) is 5.92 Å². The van der Waals surface area contributed by atoms with Crippen LogP contribution >= 0.6 is 0 Å². The second-order valence-corrected chi connectivity index (χ2v) is 8.87. The Morgan fingerprint density at radius 1 is 0.970 bits per heavy atom. The maximum absolute atomic E-state index is 6.56. The summed E-state index contributed by atoms with van der Waals surface area (Å²) in [5, 5.41) is 0. The second-order valence-electron chi connectivity index (χ2n) is 8.87. The van der Waals surface area contributed by atoms with E-state index >= 15 is 0 Å². The van der Waals surface area contributed by atoms with E-state index in [1.165, 1.54) is 5.56 Å². The van der Waals surface area contributed by atoms with Gasteiger partial charge in [0.15, 0.2) is 0 Å². The minimum Gasteiger partial charge on any atom is -0.488 e. The highest BCUT2D eigenvalue weighted by Gasteiger charge is 2.24. The highest BCUT2D eigenvalue weighted by atomic mass is 16.5. The predicted molar refractivity (Wildman–Crippen MR) is 128 cm³/mol. The van der Waals surface area contributed by atoms with Crippen LogP contribution in [0.4, 0.5) is 5.69 Å². The van der Waals surface area contributed by atoms with Gasteiger partial charge < -0.3 is 19.1 Å². The third-order valence-electron chi connectivity index (χ3n) is 6.60. The lowest BCUT2D eigenvalue weighted by Gasteiger charge is -2.31. The van der Waals surface area contributed by atoms with E-state index in [4.69, 9.17) is 14.2 Å². The smallest absolute Gasteiger partial charge is 0.213 e. The number of anilines is 1. The van der Waals surface area contributed by atoms with Gasteiger partial charge in [-0.3, -0.25) is 4.98 Å². The summed E-state index contributed by atoms with van der Waals surface area (Å²) in [5.41, 5.74) is 4.17. The maximum atomic E-state index is 6.56. The fourth-order valence-electron chi connectivity index (χ4n) is 4.89. The molecule has 1 aliphatic carbocycles. The summed E-state index contributed by atoms with van der Waals surface area (Å²) in [6, 6.07) is 8.43. The first kappa shape index (κ1) is 21.9. The van der Waals surface area contributed by atoms with Crippen LogP contribution in [-0.2, 0) is 11.2 Å². The van der Waals surface area contributed by atoms with Crippen molar-refractivity contribution in [3.05, 3.63) is 48.4 Å². The van der Waals surface area contributed by atoms with Crippen LogP contribution < -0.4 is 14.4 Å². The molecule has 0 N–H and O–H groups in total. The SMILES string of the molecule is CCOc1cc(CC2CCC(Oc3cc(N4CCOCC4)cc4nccnc34)CC2)ccn1. The molecule has 0 spiro atoms. The van der Waals surface area contributed by atoms with Gasteiger partial charge in [-0.25, -0.2) is 9.97 Å². The Labute approximate surface area is 195 Å². The van der Waals surface area contributed by atoms with E-state index in [9.17, 15) is 0 Å². The van der Waals surface area contributed by atoms with Crippen molar-refractivity contribution in [3.63, 3.8) is 0 Å². The second kappa shape index (κ2) is 10.3. The van der Waals surface area contributed by atoms with Crippen molar-refractivity contribution in [1.29, 1.82) is 0 Å². The summed E-state index contributed by atoms with van der Waals surface area (Å²) < 4.78 is 17.6. The van der Waals surface area contributed by atoms with Crippen molar-refractivity contribution in [1.82, 2.24) is 15.0 Å². The number of fused-ring (bicyclic) bond motifs is 1. The van der Waals surface area contributed by atoms with Gasteiger partial charge in [0.05, 0.1) is 31.4 Å². The molecule has 7 heteroatoms. The van der Waals surface area contributed by atoms with Crippen molar-refractivity contribution in [2.45, 2.75) is 45.1 Å². The first-order valence-electron chi connectivity index (χ1n) is 12.1. The fraction of sp³-hybridized carbons (Fsp3) is 0.500. The van der Waals surface area contributed by atoms with Gasteiger partial charge in [0.25, 0.3) is 0 Å². The molecule has 0 radical (unpaired) electrons. The van der Waals surface area contributed by atoms with Crippen LogP contribution in [0.1, 0.15) is 38.2 Å². The Morgan fingerprint density at radius 2 is 1.79 bits per heavy atom. The van der Waals surface area contributed by atoms with E-state index in [1.807, 2.05) is 13.1 Å². The molecule has 1 aliphatic heterocycles. The summed E-state index contributed by atoms with van der Waals surface area (Å²) >= 11 is 0. The molecule has 0 bridgehead atoms. The molecule has 0 unspecified atom stereocenters. The predicted octanol–water partition coefficient (Wildman–Crippen LogP) is 4.44. The summed E-state index contributed by atoms with van der Waals surface area (Å²) in [4.78, 5) is 15.8. The van der Waals surface area contributed by atoms with Crippen molar-refractivity contribution >= 4 is 16.7 Å². The van der Waals surface area contributed by atoms with Gasteiger partial charge in [0.1, 0.15) is 11.3 Å². The molecule has 2 fully saturated rings. The van der Waals surface area contributed by atoms with Crippen LogP contribution in [-0.4, -0.2) is 54.0 Å². The van der Waals surface area contributed by atoms with Gasteiger partial charge in [-0.2, -0.15) is 0 Å². The van der Waals surface area contributed by atoms with Crippen LogP contribution in [0.2, 0.25) is 0 Å².